The molecule has 1 aromatic heterocycles. The number of aromatic nitrogens is 2. The molecular weight excluding hydrogens is 513 g/mol. The SMILES string of the molecule is CCc1ccc2c(c1)C(c1ccccc1F)=NCc1cnc(Nc3ccc(C(=O)C4CCCN(C)CC4)cc3)nc1-2. The summed E-state index contributed by atoms with van der Waals surface area (Å²) in [5.41, 5.74) is 7.22. The van der Waals surface area contributed by atoms with Gasteiger partial charge in [-0.2, -0.15) is 0 Å². The van der Waals surface area contributed by atoms with Crippen molar-refractivity contribution in [1.29, 1.82) is 0 Å². The third kappa shape index (κ3) is 5.68. The first-order valence-electron chi connectivity index (χ1n) is 14.4. The Balaban J connectivity index is 1.28. The Kier molecular flexibility index (Phi) is 7.70. The van der Waals surface area contributed by atoms with Gasteiger partial charge < -0.3 is 10.2 Å². The molecule has 1 unspecified atom stereocenters. The maximum atomic E-state index is 14.9. The van der Waals surface area contributed by atoms with E-state index < -0.39 is 0 Å². The van der Waals surface area contributed by atoms with Gasteiger partial charge in [-0.25, -0.2) is 14.4 Å². The first kappa shape index (κ1) is 27.0. The molecule has 6 nitrogen and oxygen atoms in total. The number of Topliss-reactive ketones (excluding diaryl/α,β-unsaturated/α-hetero) is 1. The zero-order chi connectivity index (χ0) is 28.3. The maximum absolute atomic E-state index is 14.9. The highest BCUT2D eigenvalue weighted by Crippen LogP contribution is 2.33. The number of nitrogens with one attached hydrogen (secondary N) is 1. The molecule has 1 fully saturated rings. The van der Waals surface area contributed by atoms with E-state index >= 15 is 0 Å². The van der Waals surface area contributed by atoms with E-state index in [0.29, 0.717) is 23.8 Å². The molecule has 4 aromatic rings. The average molecular weight is 548 g/mol. The van der Waals surface area contributed by atoms with Gasteiger partial charge >= 0.3 is 0 Å². The molecule has 3 aromatic carbocycles. The molecule has 0 saturated carbocycles. The van der Waals surface area contributed by atoms with Gasteiger partial charge in [0.2, 0.25) is 5.95 Å². The second-order valence-corrected chi connectivity index (χ2v) is 10.9. The van der Waals surface area contributed by atoms with Gasteiger partial charge in [-0.15, -0.1) is 0 Å². The molecule has 6 rings (SSSR count). The third-order valence-electron chi connectivity index (χ3n) is 8.15. The number of aliphatic imine (C=N–C) groups is 1. The normalized spacial score (nSPS) is 17.0. The lowest BCUT2D eigenvalue weighted by molar-refractivity contribution is 0.0908. The Morgan fingerprint density at radius 3 is 2.63 bits per heavy atom. The van der Waals surface area contributed by atoms with Gasteiger partial charge in [-0.05, 0) is 93.8 Å². The van der Waals surface area contributed by atoms with Gasteiger partial charge in [-0.3, -0.25) is 9.79 Å². The van der Waals surface area contributed by atoms with Crippen LogP contribution in [0.4, 0.5) is 16.0 Å². The number of ketones is 1. The van der Waals surface area contributed by atoms with E-state index in [0.717, 1.165) is 78.0 Å². The topological polar surface area (TPSA) is 70.5 Å². The fourth-order valence-electron chi connectivity index (χ4n) is 5.75. The Morgan fingerprint density at radius 1 is 1.00 bits per heavy atom. The molecule has 7 heteroatoms. The molecule has 41 heavy (non-hydrogen) atoms. The second-order valence-electron chi connectivity index (χ2n) is 10.9. The number of hydrogen-bond acceptors (Lipinski definition) is 6. The van der Waals surface area contributed by atoms with E-state index in [1.165, 1.54) is 6.07 Å². The number of nitrogens with zero attached hydrogens (tertiary/aromatic N) is 4. The molecule has 0 bridgehead atoms. The summed E-state index contributed by atoms with van der Waals surface area (Å²) in [5, 5.41) is 3.30. The van der Waals surface area contributed by atoms with E-state index in [1.807, 2.05) is 30.3 Å². The minimum absolute atomic E-state index is 0.0800. The smallest absolute Gasteiger partial charge is 0.227 e. The Labute approximate surface area is 240 Å². The quantitative estimate of drug-likeness (QED) is 0.267. The molecule has 2 aliphatic heterocycles. The largest absolute Gasteiger partial charge is 0.324 e. The molecule has 0 aliphatic carbocycles. The van der Waals surface area contributed by atoms with Crippen LogP contribution in [0.15, 0.2) is 77.9 Å². The molecule has 2 aliphatic rings. The van der Waals surface area contributed by atoms with Gasteiger partial charge in [0.05, 0.1) is 18.0 Å². The number of benzene rings is 3. The number of fused-ring (bicyclic) bond motifs is 3. The second kappa shape index (κ2) is 11.7. The van der Waals surface area contributed by atoms with Crippen LogP contribution in [0.25, 0.3) is 11.3 Å². The number of halogens is 1. The predicted octanol–water partition coefficient (Wildman–Crippen LogP) is 6.85. The lowest BCUT2D eigenvalue weighted by Crippen LogP contribution is -2.20. The summed E-state index contributed by atoms with van der Waals surface area (Å²) in [7, 11) is 2.12. The summed E-state index contributed by atoms with van der Waals surface area (Å²) in [6.45, 7) is 4.46. The molecule has 0 amide bonds. The van der Waals surface area contributed by atoms with Crippen molar-refractivity contribution < 1.29 is 9.18 Å². The van der Waals surface area contributed by atoms with Crippen LogP contribution in [0.3, 0.4) is 0 Å². The Morgan fingerprint density at radius 2 is 1.83 bits per heavy atom. The van der Waals surface area contributed by atoms with E-state index in [2.05, 4.69) is 47.4 Å². The standard InChI is InChI=1S/C34H34FN5O/c1-3-22-10-15-27-29(19-22)32(28-8-4-5-9-30(28)35)36-20-25-21-37-34(39-31(25)27)38-26-13-11-24(12-14-26)33(41)23-7-6-17-40(2)18-16-23/h4-5,8-15,19,21,23H,3,6-7,16-18,20H2,1-2H3,(H,37,38,39). The van der Waals surface area contributed by atoms with Crippen molar-refractivity contribution in [1.82, 2.24) is 14.9 Å². The number of aryl methyl sites for hydroxylation is 1. The van der Waals surface area contributed by atoms with E-state index in [4.69, 9.17) is 9.98 Å². The minimum Gasteiger partial charge on any atom is -0.324 e. The summed E-state index contributed by atoms with van der Waals surface area (Å²) in [6, 6.07) is 20.6. The molecule has 1 saturated heterocycles. The van der Waals surface area contributed by atoms with Crippen molar-refractivity contribution in [2.24, 2.45) is 10.9 Å². The van der Waals surface area contributed by atoms with E-state index in [-0.39, 0.29) is 17.5 Å². The van der Waals surface area contributed by atoms with Crippen LogP contribution >= 0.6 is 0 Å². The van der Waals surface area contributed by atoms with Crippen molar-refractivity contribution in [3.05, 3.63) is 107 Å². The van der Waals surface area contributed by atoms with Crippen LogP contribution in [0, 0.1) is 11.7 Å². The summed E-state index contributed by atoms with van der Waals surface area (Å²) >= 11 is 0. The first-order chi connectivity index (χ1) is 20.0. The van der Waals surface area contributed by atoms with E-state index in [9.17, 15) is 9.18 Å². The molecular formula is C34H34FN5O. The summed E-state index contributed by atoms with van der Waals surface area (Å²) in [5.74, 6) is 0.458. The van der Waals surface area contributed by atoms with Crippen LogP contribution in [0.2, 0.25) is 0 Å². The number of hydrogen-bond donors (Lipinski definition) is 1. The molecule has 1 N–H and O–H groups in total. The average Bonchev–Trinajstić information content (AvgIpc) is 3.31. The Hall–Kier alpha value is -4.23. The van der Waals surface area contributed by atoms with Gasteiger partial charge in [-0.1, -0.05) is 31.2 Å². The van der Waals surface area contributed by atoms with Gasteiger partial charge in [0.15, 0.2) is 5.78 Å². The van der Waals surface area contributed by atoms with Gasteiger partial charge in [0.25, 0.3) is 0 Å². The summed E-state index contributed by atoms with van der Waals surface area (Å²) < 4.78 is 14.9. The number of rotatable bonds is 6. The predicted molar refractivity (Wildman–Crippen MR) is 161 cm³/mol. The fourth-order valence-corrected chi connectivity index (χ4v) is 5.75. The zero-order valence-electron chi connectivity index (χ0n) is 23.5. The van der Waals surface area contributed by atoms with Crippen LogP contribution < -0.4 is 5.32 Å². The van der Waals surface area contributed by atoms with Gasteiger partial charge in [0, 0.05) is 45.6 Å². The van der Waals surface area contributed by atoms with Crippen molar-refractivity contribution in [3.63, 3.8) is 0 Å². The van der Waals surface area contributed by atoms with Crippen LogP contribution in [-0.2, 0) is 13.0 Å². The van der Waals surface area contributed by atoms with Gasteiger partial charge in [0.1, 0.15) is 5.82 Å². The summed E-state index contributed by atoms with van der Waals surface area (Å²) in [6.07, 6.45) is 5.55. The van der Waals surface area contributed by atoms with Crippen molar-refractivity contribution in [2.45, 2.75) is 39.2 Å². The number of anilines is 2. The highest BCUT2D eigenvalue weighted by molar-refractivity contribution is 6.17. The molecule has 3 heterocycles. The molecule has 208 valence electrons. The van der Waals surface area contributed by atoms with Crippen LogP contribution in [0.5, 0.6) is 0 Å². The van der Waals surface area contributed by atoms with E-state index in [1.54, 1.807) is 18.3 Å². The fraction of sp³-hybridized carbons (Fsp3) is 0.294. The molecule has 1 atom stereocenters. The lowest BCUT2D eigenvalue weighted by atomic mass is 9.91. The summed E-state index contributed by atoms with van der Waals surface area (Å²) in [4.78, 5) is 29.7. The van der Waals surface area contributed by atoms with Crippen molar-refractivity contribution in [3.8, 4) is 11.3 Å². The lowest BCUT2D eigenvalue weighted by Gasteiger charge is -2.15. The third-order valence-corrected chi connectivity index (χ3v) is 8.15. The highest BCUT2D eigenvalue weighted by Gasteiger charge is 2.24. The zero-order valence-corrected chi connectivity index (χ0v) is 23.5. The molecule has 0 spiro atoms. The van der Waals surface area contributed by atoms with Crippen LogP contribution in [-0.4, -0.2) is 46.5 Å². The highest BCUT2D eigenvalue weighted by atomic mass is 19.1. The maximum Gasteiger partial charge on any atom is 0.227 e. The Bertz CT molecular complexity index is 1610. The van der Waals surface area contributed by atoms with Crippen LogP contribution in [0.1, 0.15) is 58.8 Å². The monoisotopic (exact) mass is 547 g/mol. The minimum atomic E-state index is -0.299. The first-order valence-corrected chi connectivity index (χ1v) is 14.4. The molecule has 0 radical (unpaired) electrons. The number of likely N-dealkylation sites (tertiary alicyclic amines) is 1. The number of carbonyl (C=O) groups excluding carboxylic acids is 1. The van der Waals surface area contributed by atoms with Crippen molar-refractivity contribution >= 4 is 23.1 Å². The number of carbonyl (C=O) groups is 1. The van der Waals surface area contributed by atoms with Crippen molar-refractivity contribution in [2.75, 3.05) is 25.5 Å².